The second-order valence-corrected chi connectivity index (χ2v) is 5.64. The van der Waals surface area contributed by atoms with Crippen molar-refractivity contribution in [1.29, 1.82) is 0 Å². The largest absolute Gasteiger partial charge is 0.395 e. The molecule has 0 aliphatic carbocycles. The number of hydrogen-bond donors (Lipinski definition) is 2. The highest BCUT2D eigenvalue weighted by molar-refractivity contribution is 5.94. The third-order valence-corrected chi connectivity index (χ3v) is 3.73. The van der Waals surface area contributed by atoms with Crippen LogP contribution in [0.5, 0.6) is 0 Å². The van der Waals surface area contributed by atoms with E-state index in [0.717, 1.165) is 5.56 Å². The summed E-state index contributed by atoms with van der Waals surface area (Å²) in [6, 6.07) is 7.19. The van der Waals surface area contributed by atoms with Crippen LogP contribution in [0.2, 0.25) is 0 Å². The van der Waals surface area contributed by atoms with E-state index in [1.165, 1.54) is 0 Å². The Hall–Kier alpha value is -1.83. The lowest BCUT2D eigenvalue weighted by molar-refractivity contribution is -0.00202. The number of piperidine rings is 1. The molecule has 1 heterocycles. The molecule has 0 bridgehead atoms. The Morgan fingerprint density at radius 2 is 1.90 bits per heavy atom. The molecule has 0 aromatic heterocycles. The van der Waals surface area contributed by atoms with E-state index in [9.17, 15) is 9.90 Å². The summed E-state index contributed by atoms with van der Waals surface area (Å²) in [5.74, 6) is 5.78. The number of nitrogens with zero attached hydrogens (tertiary/aromatic N) is 1. The van der Waals surface area contributed by atoms with Crippen LogP contribution in [0, 0.1) is 11.8 Å². The van der Waals surface area contributed by atoms with Gasteiger partial charge in [-0.1, -0.05) is 11.8 Å². The Morgan fingerprint density at radius 1 is 1.29 bits per heavy atom. The molecule has 21 heavy (non-hydrogen) atoms. The van der Waals surface area contributed by atoms with Gasteiger partial charge in [0.15, 0.2) is 0 Å². The van der Waals surface area contributed by atoms with Gasteiger partial charge in [0.1, 0.15) is 0 Å². The molecule has 1 aliphatic heterocycles. The third-order valence-electron chi connectivity index (χ3n) is 3.73. The van der Waals surface area contributed by atoms with E-state index < -0.39 is 5.60 Å². The van der Waals surface area contributed by atoms with Gasteiger partial charge < -0.3 is 15.1 Å². The van der Waals surface area contributed by atoms with Crippen molar-refractivity contribution in [2.75, 3.05) is 19.7 Å². The number of rotatable bonds is 2. The molecular formula is C17H21NO3. The van der Waals surface area contributed by atoms with Gasteiger partial charge >= 0.3 is 0 Å². The molecule has 4 nitrogen and oxygen atoms in total. The fraction of sp³-hybridized carbons (Fsp3) is 0.471. The summed E-state index contributed by atoms with van der Waals surface area (Å²) >= 11 is 0. The Morgan fingerprint density at radius 3 is 2.48 bits per heavy atom. The van der Waals surface area contributed by atoms with Crippen LogP contribution in [-0.2, 0) is 0 Å². The lowest BCUT2D eigenvalue weighted by atomic mass is 9.93. The molecule has 1 saturated heterocycles. The Kier molecular flexibility index (Phi) is 5.00. The Bertz CT molecular complexity index is 542. The van der Waals surface area contributed by atoms with E-state index in [0.29, 0.717) is 37.9 Å². The first kappa shape index (κ1) is 15.6. The van der Waals surface area contributed by atoms with Crippen molar-refractivity contribution in [2.24, 2.45) is 0 Å². The summed E-state index contributed by atoms with van der Waals surface area (Å²) in [4.78, 5) is 14.1. The third kappa shape index (κ3) is 4.32. The number of hydrogen-bond acceptors (Lipinski definition) is 3. The number of amides is 1. The number of carbonyl (C=O) groups excluding carboxylic acids is 1. The SMILES string of the molecule is CC1(O)CCN(C(=O)c2ccc(C#CCCO)cc2)CC1. The van der Waals surface area contributed by atoms with Crippen LogP contribution in [0.15, 0.2) is 24.3 Å². The molecule has 0 unspecified atom stereocenters. The van der Waals surface area contributed by atoms with E-state index in [1.54, 1.807) is 17.0 Å². The van der Waals surface area contributed by atoms with Gasteiger partial charge in [0.05, 0.1) is 12.2 Å². The van der Waals surface area contributed by atoms with E-state index in [4.69, 9.17) is 5.11 Å². The molecule has 2 rings (SSSR count). The van der Waals surface area contributed by atoms with E-state index in [-0.39, 0.29) is 12.5 Å². The summed E-state index contributed by atoms with van der Waals surface area (Å²) in [5, 5.41) is 18.6. The van der Waals surface area contributed by atoms with Crippen molar-refractivity contribution in [3.05, 3.63) is 35.4 Å². The standard InChI is InChI=1S/C17H21NO3/c1-17(21)9-11-18(12-10-17)16(20)15-7-5-14(6-8-15)4-2-3-13-19/h5-8,19,21H,3,9-13H2,1H3. The smallest absolute Gasteiger partial charge is 0.253 e. The number of benzene rings is 1. The molecule has 0 spiro atoms. The first-order valence-electron chi connectivity index (χ1n) is 7.23. The molecule has 112 valence electrons. The zero-order valence-electron chi connectivity index (χ0n) is 12.3. The molecule has 1 aromatic rings. The Balaban J connectivity index is 1.99. The lowest BCUT2D eigenvalue weighted by Gasteiger charge is -2.35. The van der Waals surface area contributed by atoms with Crippen LogP contribution in [0.4, 0.5) is 0 Å². The first-order chi connectivity index (χ1) is 10.0. The van der Waals surface area contributed by atoms with E-state index >= 15 is 0 Å². The predicted octanol–water partition coefficient (Wildman–Crippen LogP) is 1.41. The summed E-state index contributed by atoms with van der Waals surface area (Å²) in [6.45, 7) is 3.05. The zero-order valence-corrected chi connectivity index (χ0v) is 12.3. The van der Waals surface area contributed by atoms with Crippen molar-refractivity contribution in [1.82, 2.24) is 4.90 Å². The van der Waals surface area contributed by atoms with Gasteiger partial charge in [-0.3, -0.25) is 4.79 Å². The fourth-order valence-electron chi connectivity index (χ4n) is 2.29. The number of carbonyl (C=O) groups is 1. The van der Waals surface area contributed by atoms with Gasteiger partial charge in [0.25, 0.3) is 5.91 Å². The number of aliphatic hydroxyl groups excluding tert-OH is 1. The van der Waals surface area contributed by atoms with Crippen LogP contribution in [0.25, 0.3) is 0 Å². The van der Waals surface area contributed by atoms with Crippen LogP contribution >= 0.6 is 0 Å². The lowest BCUT2D eigenvalue weighted by Crippen LogP contribution is -2.45. The molecule has 1 aliphatic rings. The second-order valence-electron chi connectivity index (χ2n) is 5.64. The number of aliphatic hydroxyl groups is 2. The van der Waals surface area contributed by atoms with Crippen LogP contribution in [0.3, 0.4) is 0 Å². The van der Waals surface area contributed by atoms with Gasteiger partial charge in [0, 0.05) is 30.6 Å². The molecule has 1 fully saturated rings. The zero-order chi connectivity index (χ0) is 15.3. The van der Waals surface area contributed by atoms with Gasteiger partial charge in [0.2, 0.25) is 0 Å². The van der Waals surface area contributed by atoms with Gasteiger partial charge in [-0.2, -0.15) is 0 Å². The minimum absolute atomic E-state index is 0.000340. The second kappa shape index (κ2) is 6.75. The summed E-state index contributed by atoms with van der Waals surface area (Å²) in [5.41, 5.74) is 0.828. The average Bonchev–Trinajstić information content (AvgIpc) is 2.48. The minimum Gasteiger partial charge on any atom is -0.395 e. The maximum atomic E-state index is 12.4. The molecule has 2 N–H and O–H groups in total. The van der Waals surface area contributed by atoms with Crippen molar-refractivity contribution < 1.29 is 15.0 Å². The monoisotopic (exact) mass is 287 g/mol. The van der Waals surface area contributed by atoms with Crippen LogP contribution in [0.1, 0.15) is 42.1 Å². The van der Waals surface area contributed by atoms with Crippen molar-refractivity contribution >= 4 is 5.91 Å². The Labute approximate surface area is 125 Å². The molecule has 0 atom stereocenters. The predicted molar refractivity (Wildman–Crippen MR) is 80.8 cm³/mol. The molecule has 0 saturated carbocycles. The van der Waals surface area contributed by atoms with Crippen LogP contribution < -0.4 is 0 Å². The summed E-state index contributed by atoms with van der Waals surface area (Å²) in [7, 11) is 0. The highest BCUT2D eigenvalue weighted by Crippen LogP contribution is 2.22. The van der Waals surface area contributed by atoms with E-state index in [2.05, 4.69) is 11.8 Å². The summed E-state index contributed by atoms with van der Waals surface area (Å²) in [6.07, 6.45) is 1.68. The van der Waals surface area contributed by atoms with Crippen molar-refractivity contribution in [3.63, 3.8) is 0 Å². The topological polar surface area (TPSA) is 60.8 Å². The first-order valence-corrected chi connectivity index (χ1v) is 7.23. The van der Waals surface area contributed by atoms with E-state index in [1.807, 2.05) is 19.1 Å². The quantitative estimate of drug-likeness (QED) is 0.809. The maximum Gasteiger partial charge on any atom is 0.253 e. The molecule has 0 radical (unpaired) electrons. The minimum atomic E-state index is -0.650. The summed E-state index contributed by atoms with van der Waals surface area (Å²) < 4.78 is 0. The van der Waals surface area contributed by atoms with Gasteiger partial charge in [-0.15, -0.1) is 0 Å². The highest BCUT2D eigenvalue weighted by atomic mass is 16.3. The fourth-order valence-corrected chi connectivity index (χ4v) is 2.29. The van der Waals surface area contributed by atoms with Crippen molar-refractivity contribution in [2.45, 2.75) is 31.8 Å². The normalized spacial score (nSPS) is 17.0. The van der Waals surface area contributed by atoms with Gasteiger partial charge in [-0.25, -0.2) is 0 Å². The van der Waals surface area contributed by atoms with Gasteiger partial charge in [-0.05, 0) is 44.0 Å². The molecule has 1 aromatic carbocycles. The highest BCUT2D eigenvalue weighted by Gasteiger charge is 2.29. The molecule has 1 amide bonds. The molecule has 4 heteroatoms. The average molecular weight is 287 g/mol. The maximum absolute atomic E-state index is 12.4. The van der Waals surface area contributed by atoms with Crippen molar-refractivity contribution in [3.8, 4) is 11.8 Å². The van der Waals surface area contributed by atoms with Crippen LogP contribution in [-0.4, -0.2) is 46.3 Å². The number of likely N-dealkylation sites (tertiary alicyclic amines) is 1. The molecular weight excluding hydrogens is 266 g/mol.